The lowest BCUT2D eigenvalue weighted by molar-refractivity contribution is -0.870. The van der Waals surface area contributed by atoms with Crippen LogP contribution in [0.4, 0.5) is 0 Å². The summed E-state index contributed by atoms with van der Waals surface area (Å²) in [7, 11) is 5.91. The van der Waals surface area contributed by atoms with Crippen molar-refractivity contribution in [2.45, 2.75) is 257 Å². The molecule has 0 aliphatic rings. The molecule has 0 aromatic rings. The fraction of sp³-hybridized carbons (Fsp3) is 0.671. The molecule has 0 heterocycles. The fourth-order valence-electron chi connectivity index (χ4n) is 8.35. The summed E-state index contributed by atoms with van der Waals surface area (Å²) in [6.45, 7) is 4.60. The van der Waals surface area contributed by atoms with Crippen LogP contribution in [0.1, 0.15) is 245 Å². The number of allylic oxidation sites excluding steroid dienone is 20. The number of carboxylic acids is 1. The minimum absolute atomic E-state index is 0.142. The average Bonchev–Trinajstić information content (AvgIpc) is 3.42. The molecule has 2 unspecified atom stereocenters. The van der Waals surface area contributed by atoms with Gasteiger partial charge in [0, 0.05) is 12.8 Å². The fourth-order valence-corrected chi connectivity index (χ4v) is 8.35. The SMILES string of the molecule is CC/C=C\C/C=C\C/C=C\C/C=C\C/C=C\C/C=C\C/C=C\C/C=C\C/C=C\CCCCCCCCCCCCCCCC(=O)OC(COC(=O)CCCCCCC/C=C\CCCCCC)COC(OCC[N+](C)(C)C)C(=O)[O-]. The molecular formula is C70H117NO8. The highest BCUT2D eigenvalue weighted by molar-refractivity contribution is 5.70. The second-order valence-corrected chi connectivity index (χ2v) is 22.0. The lowest BCUT2D eigenvalue weighted by Gasteiger charge is -2.26. The third kappa shape index (κ3) is 61.2. The van der Waals surface area contributed by atoms with Crippen molar-refractivity contribution in [2.24, 2.45) is 0 Å². The molecule has 0 spiro atoms. The minimum atomic E-state index is -1.63. The Balaban J connectivity index is 4.07. The summed E-state index contributed by atoms with van der Waals surface area (Å²) in [5, 5.41) is 11.8. The Kier molecular flexibility index (Phi) is 56.5. The molecule has 0 aromatic heterocycles. The Labute approximate surface area is 485 Å². The third-order valence-corrected chi connectivity index (χ3v) is 13.2. The first kappa shape index (κ1) is 74.7. The van der Waals surface area contributed by atoms with Crippen molar-refractivity contribution in [3.8, 4) is 0 Å². The van der Waals surface area contributed by atoms with Crippen LogP contribution in [0.25, 0.3) is 0 Å². The number of nitrogens with zero attached hydrogens (tertiary/aromatic N) is 1. The first-order chi connectivity index (χ1) is 38.6. The van der Waals surface area contributed by atoms with Gasteiger partial charge in [-0.25, -0.2) is 0 Å². The zero-order valence-electron chi connectivity index (χ0n) is 51.2. The molecule has 0 saturated carbocycles. The molecule has 0 radical (unpaired) electrons. The Morgan fingerprint density at radius 2 is 0.722 bits per heavy atom. The van der Waals surface area contributed by atoms with Gasteiger partial charge in [0.05, 0.1) is 40.3 Å². The van der Waals surface area contributed by atoms with Gasteiger partial charge in [0.2, 0.25) is 0 Å². The number of rotatable bonds is 57. The molecule has 0 saturated heterocycles. The zero-order valence-corrected chi connectivity index (χ0v) is 51.2. The molecular weight excluding hydrogens is 983 g/mol. The maximum Gasteiger partial charge on any atom is 0.306 e. The summed E-state index contributed by atoms with van der Waals surface area (Å²) < 4.78 is 22.7. The van der Waals surface area contributed by atoms with Crippen LogP contribution in [0.5, 0.6) is 0 Å². The predicted octanol–water partition coefficient (Wildman–Crippen LogP) is 17.9. The molecule has 0 aromatic carbocycles. The Morgan fingerprint density at radius 3 is 1.09 bits per heavy atom. The highest BCUT2D eigenvalue weighted by Crippen LogP contribution is 2.15. The van der Waals surface area contributed by atoms with Gasteiger partial charge >= 0.3 is 11.9 Å². The smallest absolute Gasteiger partial charge is 0.306 e. The van der Waals surface area contributed by atoms with E-state index >= 15 is 0 Å². The summed E-state index contributed by atoms with van der Waals surface area (Å²) >= 11 is 0. The van der Waals surface area contributed by atoms with Crippen molar-refractivity contribution in [3.05, 3.63) is 122 Å². The van der Waals surface area contributed by atoms with Crippen LogP contribution in [0.15, 0.2) is 122 Å². The normalized spacial score (nSPS) is 13.6. The van der Waals surface area contributed by atoms with E-state index in [0.29, 0.717) is 17.4 Å². The first-order valence-corrected chi connectivity index (χ1v) is 31.7. The second kappa shape index (κ2) is 59.8. The van der Waals surface area contributed by atoms with Crippen molar-refractivity contribution >= 4 is 17.9 Å². The van der Waals surface area contributed by atoms with E-state index in [9.17, 15) is 19.5 Å². The van der Waals surface area contributed by atoms with E-state index in [0.717, 1.165) is 116 Å². The first-order valence-electron chi connectivity index (χ1n) is 31.7. The maximum atomic E-state index is 12.9. The number of aliphatic carboxylic acids is 1. The molecule has 9 nitrogen and oxygen atoms in total. The van der Waals surface area contributed by atoms with Crippen molar-refractivity contribution in [1.29, 1.82) is 0 Å². The minimum Gasteiger partial charge on any atom is -0.545 e. The Hall–Kier alpha value is -4.31. The van der Waals surface area contributed by atoms with Crippen LogP contribution in [0, 0.1) is 0 Å². The molecule has 0 rings (SSSR count). The van der Waals surface area contributed by atoms with Gasteiger partial charge in [0.1, 0.15) is 13.2 Å². The van der Waals surface area contributed by atoms with E-state index in [1.807, 2.05) is 21.1 Å². The van der Waals surface area contributed by atoms with Gasteiger partial charge in [-0.15, -0.1) is 0 Å². The van der Waals surface area contributed by atoms with Crippen molar-refractivity contribution < 1.29 is 42.9 Å². The Morgan fingerprint density at radius 1 is 0.392 bits per heavy atom. The van der Waals surface area contributed by atoms with Crippen LogP contribution in [-0.2, 0) is 33.3 Å². The van der Waals surface area contributed by atoms with Gasteiger partial charge in [-0.3, -0.25) is 9.59 Å². The van der Waals surface area contributed by atoms with Crippen LogP contribution >= 0.6 is 0 Å². The number of quaternary nitrogens is 1. The number of hydrogen-bond donors (Lipinski definition) is 0. The molecule has 79 heavy (non-hydrogen) atoms. The number of esters is 2. The van der Waals surface area contributed by atoms with Crippen LogP contribution < -0.4 is 5.11 Å². The van der Waals surface area contributed by atoms with Crippen LogP contribution in [0.2, 0.25) is 0 Å². The van der Waals surface area contributed by atoms with E-state index < -0.39 is 24.3 Å². The van der Waals surface area contributed by atoms with Crippen molar-refractivity contribution in [2.75, 3.05) is 47.5 Å². The summed E-state index contributed by atoms with van der Waals surface area (Å²) in [5.74, 6) is -2.30. The summed E-state index contributed by atoms with van der Waals surface area (Å²) in [6, 6.07) is 0. The predicted molar refractivity (Wildman–Crippen MR) is 333 cm³/mol. The third-order valence-electron chi connectivity index (χ3n) is 13.2. The average molecular weight is 1100 g/mol. The molecule has 0 fully saturated rings. The van der Waals surface area contributed by atoms with E-state index in [1.54, 1.807) is 0 Å². The number of unbranched alkanes of at least 4 members (excludes halogenated alkanes) is 22. The van der Waals surface area contributed by atoms with Gasteiger partial charge in [-0.1, -0.05) is 245 Å². The number of carboxylic acid groups (broad SMARTS) is 1. The number of hydrogen-bond acceptors (Lipinski definition) is 8. The van der Waals surface area contributed by atoms with Crippen molar-refractivity contribution in [3.63, 3.8) is 0 Å². The van der Waals surface area contributed by atoms with E-state index in [2.05, 4.69) is 135 Å². The lowest BCUT2D eigenvalue weighted by Crippen LogP contribution is -2.44. The van der Waals surface area contributed by atoms with Crippen molar-refractivity contribution in [1.82, 2.24) is 0 Å². The van der Waals surface area contributed by atoms with E-state index in [-0.39, 0.29) is 38.6 Å². The lowest BCUT2D eigenvalue weighted by atomic mass is 10.0. The molecule has 2 atom stereocenters. The quantitative estimate of drug-likeness (QED) is 0.0195. The summed E-state index contributed by atoms with van der Waals surface area (Å²) in [4.78, 5) is 37.2. The second-order valence-electron chi connectivity index (χ2n) is 22.0. The highest BCUT2D eigenvalue weighted by Gasteiger charge is 2.22. The van der Waals surface area contributed by atoms with Gasteiger partial charge < -0.3 is 33.3 Å². The van der Waals surface area contributed by atoms with Gasteiger partial charge in [-0.2, -0.15) is 0 Å². The van der Waals surface area contributed by atoms with Crippen LogP contribution in [-0.4, -0.2) is 82.3 Å². The molecule has 450 valence electrons. The number of carbonyl (C=O) groups excluding carboxylic acids is 3. The van der Waals surface area contributed by atoms with E-state index in [4.69, 9.17) is 18.9 Å². The topological polar surface area (TPSA) is 111 Å². The largest absolute Gasteiger partial charge is 0.545 e. The van der Waals surface area contributed by atoms with Gasteiger partial charge in [0.25, 0.3) is 0 Å². The number of ether oxygens (including phenoxy) is 4. The monoisotopic (exact) mass is 1100 g/mol. The van der Waals surface area contributed by atoms with Crippen LogP contribution in [0.3, 0.4) is 0 Å². The summed E-state index contributed by atoms with van der Waals surface area (Å²) in [6.07, 6.45) is 81.3. The number of carbonyl (C=O) groups is 3. The molecule has 0 aliphatic heterocycles. The highest BCUT2D eigenvalue weighted by atomic mass is 16.7. The molecule has 9 heteroatoms. The Bertz CT molecular complexity index is 1710. The molecule has 0 amide bonds. The number of likely N-dealkylation sites (N-methyl/N-ethyl adjacent to an activating group) is 1. The molecule has 0 bridgehead atoms. The molecule has 0 aliphatic carbocycles. The van der Waals surface area contributed by atoms with E-state index in [1.165, 1.54) is 96.3 Å². The van der Waals surface area contributed by atoms with Gasteiger partial charge in [0.15, 0.2) is 12.4 Å². The standard InChI is InChI=1S/C70H117NO8/c1-6-8-10-12-14-16-18-20-21-22-23-24-25-26-27-28-29-30-31-32-33-34-35-36-37-38-39-40-41-42-43-44-45-46-47-49-51-53-55-57-59-61-68(73)79-66(65-78-70(69(74)75)76-63-62-71(3,4)5)64-77-67(72)60-58-56-54-52-50-48-19-17-15-13-11-9-7-2/h8,10,14,16-17,19-21,23-24,26-27,29-30,32-33,35-36,38-39,66,70H,6-7,9,11-13,15,18,22,25,28,31,34,37,40-65H2,1-5H3/b10-8-,16-14-,19-17-,21-20-,24-23-,27-26-,30-29-,33-32-,36-35-,39-38-. The van der Waals surface area contributed by atoms with Gasteiger partial charge in [-0.05, 0) is 109 Å². The maximum absolute atomic E-state index is 12.9. The summed E-state index contributed by atoms with van der Waals surface area (Å²) in [5.41, 5.74) is 0. The zero-order chi connectivity index (χ0) is 57.6. The molecule has 0 N–H and O–H groups in total.